The highest BCUT2D eigenvalue weighted by Gasteiger charge is 2.17. The smallest absolute Gasteiger partial charge is 0.251 e. The number of ether oxygens (including phenoxy) is 1. The van der Waals surface area contributed by atoms with Crippen LogP contribution in [-0.4, -0.2) is 37.6 Å². The van der Waals surface area contributed by atoms with Gasteiger partial charge in [0.25, 0.3) is 5.91 Å². The van der Waals surface area contributed by atoms with Gasteiger partial charge in [-0.15, -0.1) is 0 Å². The molecular weight excluding hydrogens is 349 g/mol. The van der Waals surface area contributed by atoms with Gasteiger partial charge >= 0.3 is 0 Å². The maximum absolute atomic E-state index is 13.5. The Kier molecular flexibility index (Phi) is 6.38. The molecule has 142 valence electrons. The van der Waals surface area contributed by atoms with Crippen LogP contribution >= 0.6 is 0 Å². The molecular formula is C20H22FN3O3. The Bertz CT molecular complexity index is 807. The van der Waals surface area contributed by atoms with Crippen molar-refractivity contribution < 1.29 is 18.7 Å². The number of hydrogen-bond acceptors (Lipinski definition) is 4. The molecule has 0 saturated carbocycles. The Morgan fingerprint density at radius 1 is 1.15 bits per heavy atom. The zero-order chi connectivity index (χ0) is 19.1. The molecule has 0 aliphatic carbocycles. The number of amides is 2. The third-order valence-electron chi connectivity index (χ3n) is 4.24. The number of carbonyl (C=O) groups is 2. The van der Waals surface area contributed by atoms with Gasteiger partial charge in [0.1, 0.15) is 5.82 Å². The molecule has 3 N–H and O–H groups in total. The van der Waals surface area contributed by atoms with E-state index in [0.29, 0.717) is 17.8 Å². The van der Waals surface area contributed by atoms with Crippen molar-refractivity contribution in [3.8, 4) is 0 Å². The molecule has 2 aromatic carbocycles. The van der Waals surface area contributed by atoms with Crippen LogP contribution in [0, 0.1) is 5.82 Å². The fourth-order valence-corrected chi connectivity index (χ4v) is 2.84. The van der Waals surface area contributed by atoms with Gasteiger partial charge in [-0.1, -0.05) is 18.2 Å². The van der Waals surface area contributed by atoms with Gasteiger partial charge in [-0.25, -0.2) is 4.39 Å². The zero-order valence-corrected chi connectivity index (χ0v) is 14.8. The summed E-state index contributed by atoms with van der Waals surface area (Å²) in [6.45, 7) is 1.13. The third kappa shape index (κ3) is 5.52. The van der Waals surface area contributed by atoms with E-state index in [2.05, 4.69) is 16.0 Å². The molecule has 1 fully saturated rings. The van der Waals surface area contributed by atoms with Gasteiger partial charge < -0.3 is 20.7 Å². The number of anilines is 2. The second-order valence-electron chi connectivity index (χ2n) is 6.31. The molecule has 7 heteroatoms. The lowest BCUT2D eigenvalue weighted by atomic mass is 10.1. The minimum Gasteiger partial charge on any atom is -0.376 e. The van der Waals surface area contributed by atoms with Crippen LogP contribution < -0.4 is 16.0 Å². The Balaban J connectivity index is 1.51. The summed E-state index contributed by atoms with van der Waals surface area (Å²) in [4.78, 5) is 24.3. The van der Waals surface area contributed by atoms with Crippen LogP contribution in [0.1, 0.15) is 23.2 Å². The van der Waals surface area contributed by atoms with Crippen molar-refractivity contribution in [1.82, 2.24) is 5.32 Å². The number of benzene rings is 2. The van der Waals surface area contributed by atoms with Crippen molar-refractivity contribution in [3.05, 3.63) is 59.9 Å². The average molecular weight is 371 g/mol. The summed E-state index contributed by atoms with van der Waals surface area (Å²) in [5, 5.41) is 8.28. The monoisotopic (exact) mass is 371 g/mol. The first-order valence-corrected chi connectivity index (χ1v) is 8.90. The summed E-state index contributed by atoms with van der Waals surface area (Å²) in [5.74, 6) is -0.976. The minimum atomic E-state index is -0.421. The van der Waals surface area contributed by atoms with Crippen LogP contribution in [0.25, 0.3) is 0 Å². The van der Waals surface area contributed by atoms with Crippen molar-refractivity contribution >= 4 is 23.2 Å². The molecule has 2 aromatic rings. The Morgan fingerprint density at radius 2 is 2.00 bits per heavy atom. The van der Waals surface area contributed by atoms with Gasteiger partial charge in [0.2, 0.25) is 5.91 Å². The highest BCUT2D eigenvalue weighted by atomic mass is 19.1. The van der Waals surface area contributed by atoms with Crippen LogP contribution in [-0.2, 0) is 9.53 Å². The van der Waals surface area contributed by atoms with E-state index < -0.39 is 5.82 Å². The lowest BCUT2D eigenvalue weighted by Gasteiger charge is -2.12. The van der Waals surface area contributed by atoms with Crippen LogP contribution in [0.3, 0.4) is 0 Å². The number of hydrogen-bond donors (Lipinski definition) is 3. The standard InChI is InChI=1S/C20H22FN3O3/c21-17-8-1-2-9-18(17)22-13-19(25)24-15-6-3-5-14(11-15)20(26)23-12-16-7-4-10-27-16/h1-3,5-6,8-9,11,16,22H,4,7,10,12-13H2,(H,23,26)(H,24,25). The summed E-state index contributed by atoms with van der Waals surface area (Å²) in [7, 11) is 0. The van der Waals surface area contributed by atoms with Gasteiger partial charge in [-0.05, 0) is 43.2 Å². The Labute approximate surface area is 157 Å². The lowest BCUT2D eigenvalue weighted by molar-refractivity contribution is -0.114. The predicted octanol–water partition coefficient (Wildman–Crippen LogP) is 2.79. The van der Waals surface area contributed by atoms with Gasteiger partial charge in [0, 0.05) is 24.4 Å². The van der Waals surface area contributed by atoms with Gasteiger partial charge in [0.15, 0.2) is 0 Å². The van der Waals surface area contributed by atoms with E-state index in [1.165, 1.54) is 6.07 Å². The Hall–Kier alpha value is -2.93. The number of halogens is 1. The maximum atomic E-state index is 13.5. The fraction of sp³-hybridized carbons (Fsp3) is 0.300. The van der Waals surface area contributed by atoms with E-state index in [1.807, 2.05) is 0 Å². The summed E-state index contributed by atoms with van der Waals surface area (Å²) in [6, 6.07) is 12.8. The Morgan fingerprint density at radius 3 is 2.78 bits per heavy atom. The van der Waals surface area contributed by atoms with E-state index in [-0.39, 0.29) is 30.2 Å². The van der Waals surface area contributed by atoms with E-state index in [1.54, 1.807) is 42.5 Å². The topological polar surface area (TPSA) is 79.5 Å². The highest BCUT2D eigenvalue weighted by molar-refractivity contribution is 5.98. The lowest BCUT2D eigenvalue weighted by Crippen LogP contribution is -2.31. The second-order valence-corrected chi connectivity index (χ2v) is 6.31. The molecule has 1 aliphatic heterocycles. The van der Waals surface area contributed by atoms with Crippen LogP contribution in [0.2, 0.25) is 0 Å². The first-order valence-electron chi connectivity index (χ1n) is 8.90. The van der Waals surface area contributed by atoms with Crippen molar-refractivity contribution in [3.63, 3.8) is 0 Å². The molecule has 6 nitrogen and oxygen atoms in total. The normalized spacial score (nSPS) is 16.0. The highest BCUT2D eigenvalue weighted by Crippen LogP contribution is 2.14. The van der Waals surface area contributed by atoms with Crippen LogP contribution in [0.5, 0.6) is 0 Å². The predicted molar refractivity (Wildman–Crippen MR) is 101 cm³/mol. The molecule has 1 unspecified atom stereocenters. The van der Waals surface area contributed by atoms with Gasteiger partial charge in [-0.3, -0.25) is 9.59 Å². The summed E-state index contributed by atoms with van der Waals surface area (Å²) < 4.78 is 19.0. The first-order chi connectivity index (χ1) is 13.1. The van der Waals surface area contributed by atoms with E-state index >= 15 is 0 Å². The fourth-order valence-electron chi connectivity index (χ4n) is 2.84. The summed E-state index contributed by atoms with van der Waals surface area (Å²) >= 11 is 0. The molecule has 0 spiro atoms. The quantitative estimate of drug-likeness (QED) is 0.699. The first kappa shape index (κ1) is 18.8. The molecule has 1 aliphatic rings. The number of nitrogens with one attached hydrogen (secondary N) is 3. The van der Waals surface area contributed by atoms with Crippen molar-refractivity contribution in [2.45, 2.75) is 18.9 Å². The van der Waals surface area contributed by atoms with E-state index in [4.69, 9.17) is 4.74 Å². The molecule has 0 aromatic heterocycles. The molecule has 0 bridgehead atoms. The van der Waals surface area contributed by atoms with Gasteiger partial charge in [-0.2, -0.15) is 0 Å². The molecule has 0 radical (unpaired) electrons. The molecule has 2 amide bonds. The van der Waals surface area contributed by atoms with Crippen molar-refractivity contribution in [1.29, 1.82) is 0 Å². The van der Waals surface area contributed by atoms with Crippen molar-refractivity contribution in [2.75, 3.05) is 30.3 Å². The number of carbonyl (C=O) groups excluding carboxylic acids is 2. The number of para-hydroxylation sites is 1. The number of rotatable bonds is 7. The molecule has 27 heavy (non-hydrogen) atoms. The second kappa shape index (κ2) is 9.14. The SMILES string of the molecule is O=C(CNc1ccccc1F)Nc1cccc(C(=O)NCC2CCCO2)c1. The average Bonchev–Trinajstić information content (AvgIpc) is 3.19. The minimum absolute atomic E-state index is 0.0706. The maximum Gasteiger partial charge on any atom is 0.251 e. The van der Waals surface area contributed by atoms with E-state index in [0.717, 1.165) is 19.4 Å². The summed E-state index contributed by atoms with van der Waals surface area (Å²) in [5.41, 5.74) is 1.21. The molecule has 1 heterocycles. The summed E-state index contributed by atoms with van der Waals surface area (Å²) in [6.07, 6.45) is 2.04. The van der Waals surface area contributed by atoms with Gasteiger partial charge in [0.05, 0.1) is 18.3 Å². The third-order valence-corrected chi connectivity index (χ3v) is 4.24. The van der Waals surface area contributed by atoms with Crippen LogP contribution in [0.15, 0.2) is 48.5 Å². The molecule has 1 atom stereocenters. The molecule has 1 saturated heterocycles. The molecule has 3 rings (SSSR count). The van der Waals surface area contributed by atoms with Crippen molar-refractivity contribution in [2.24, 2.45) is 0 Å². The van der Waals surface area contributed by atoms with E-state index in [9.17, 15) is 14.0 Å². The zero-order valence-electron chi connectivity index (χ0n) is 14.8. The van der Waals surface area contributed by atoms with Crippen LogP contribution in [0.4, 0.5) is 15.8 Å². The largest absolute Gasteiger partial charge is 0.376 e.